The summed E-state index contributed by atoms with van der Waals surface area (Å²) in [7, 11) is 0. The first-order valence-corrected chi connectivity index (χ1v) is 5.03. The standard InChI is InChI=1S/C9H16F3N3O2/c1-3-15(5-6(2)8(13)14-17)7(16)4-9(10,11)12/h6,17H,3-5H2,1-2H3,(H2,13,14). The predicted octanol–water partition coefficient (Wildman–Crippen LogP) is 1.17. The molecule has 0 heterocycles. The van der Waals surface area contributed by atoms with E-state index < -0.39 is 24.4 Å². The lowest BCUT2D eigenvalue weighted by Crippen LogP contribution is -2.40. The summed E-state index contributed by atoms with van der Waals surface area (Å²) >= 11 is 0. The molecule has 0 aromatic heterocycles. The summed E-state index contributed by atoms with van der Waals surface area (Å²) in [4.78, 5) is 12.3. The number of amides is 1. The Balaban J connectivity index is 4.48. The summed E-state index contributed by atoms with van der Waals surface area (Å²) in [5, 5.41) is 11.1. The number of hydrogen-bond donors (Lipinski definition) is 2. The van der Waals surface area contributed by atoms with Crippen LogP contribution in [0.25, 0.3) is 0 Å². The van der Waals surface area contributed by atoms with E-state index in [1.807, 2.05) is 0 Å². The third kappa shape index (κ3) is 5.98. The molecule has 1 amide bonds. The average molecular weight is 255 g/mol. The lowest BCUT2D eigenvalue weighted by atomic mass is 10.1. The van der Waals surface area contributed by atoms with Crippen LogP contribution in [-0.2, 0) is 4.79 Å². The largest absolute Gasteiger partial charge is 0.409 e. The first-order chi connectivity index (χ1) is 7.71. The molecule has 0 spiro atoms. The van der Waals surface area contributed by atoms with E-state index >= 15 is 0 Å². The zero-order chi connectivity index (χ0) is 13.6. The van der Waals surface area contributed by atoms with Gasteiger partial charge in [0.25, 0.3) is 0 Å². The number of halogens is 3. The van der Waals surface area contributed by atoms with Crippen molar-refractivity contribution in [1.82, 2.24) is 4.90 Å². The van der Waals surface area contributed by atoms with Crippen LogP contribution in [0.5, 0.6) is 0 Å². The van der Waals surface area contributed by atoms with Gasteiger partial charge >= 0.3 is 6.18 Å². The van der Waals surface area contributed by atoms with E-state index in [0.717, 1.165) is 4.90 Å². The minimum atomic E-state index is -4.52. The zero-order valence-corrected chi connectivity index (χ0v) is 9.66. The quantitative estimate of drug-likeness (QED) is 0.335. The molecule has 8 heteroatoms. The van der Waals surface area contributed by atoms with Gasteiger partial charge in [0.2, 0.25) is 5.91 Å². The van der Waals surface area contributed by atoms with E-state index in [0.29, 0.717) is 0 Å². The third-order valence-corrected chi connectivity index (χ3v) is 2.20. The number of carbonyl (C=O) groups is 1. The predicted molar refractivity (Wildman–Crippen MR) is 55.5 cm³/mol. The number of hydrogen-bond acceptors (Lipinski definition) is 3. The van der Waals surface area contributed by atoms with Crippen LogP contribution < -0.4 is 5.73 Å². The number of carbonyl (C=O) groups excluding carboxylic acids is 1. The van der Waals surface area contributed by atoms with Gasteiger partial charge in [0, 0.05) is 19.0 Å². The van der Waals surface area contributed by atoms with Gasteiger partial charge < -0.3 is 15.8 Å². The van der Waals surface area contributed by atoms with E-state index in [4.69, 9.17) is 10.9 Å². The molecule has 0 saturated heterocycles. The van der Waals surface area contributed by atoms with Crippen molar-refractivity contribution in [3.63, 3.8) is 0 Å². The van der Waals surface area contributed by atoms with Crippen molar-refractivity contribution in [3.05, 3.63) is 0 Å². The molecule has 0 aromatic rings. The Kier molecular flexibility index (Phi) is 5.77. The molecule has 1 atom stereocenters. The van der Waals surface area contributed by atoms with Crippen molar-refractivity contribution >= 4 is 11.7 Å². The number of alkyl halides is 3. The molecule has 0 saturated carbocycles. The lowest BCUT2D eigenvalue weighted by Gasteiger charge is -2.24. The van der Waals surface area contributed by atoms with Gasteiger partial charge in [0.1, 0.15) is 12.3 Å². The highest BCUT2D eigenvalue weighted by molar-refractivity contribution is 5.83. The Morgan fingerprint density at radius 1 is 1.53 bits per heavy atom. The fourth-order valence-corrected chi connectivity index (χ4v) is 1.21. The van der Waals surface area contributed by atoms with Gasteiger partial charge in [-0.3, -0.25) is 4.79 Å². The van der Waals surface area contributed by atoms with E-state index in [-0.39, 0.29) is 18.9 Å². The summed E-state index contributed by atoms with van der Waals surface area (Å²) in [5.41, 5.74) is 5.29. The molecule has 5 nitrogen and oxygen atoms in total. The van der Waals surface area contributed by atoms with Gasteiger partial charge in [-0.05, 0) is 6.92 Å². The molecule has 3 N–H and O–H groups in total. The van der Waals surface area contributed by atoms with Crippen LogP contribution >= 0.6 is 0 Å². The van der Waals surface area contributed by atoms with E-state index in [2.05, 4.69) is 5.16 Å². The van der Waals surface area contributed by atoms with Crippen LogP contribution in [0, 0.1) is 5.92 Å². The smallest absolute Gasteiger partial charge is 0.397 e. The van der Waals surface area contributed by atoms with Gasteiger partial charge in [-0.1, -0.05) is 12.1 Å². The Hall–Kier alpha value is -1.47. The maximum absolute atomic E-state index is 12.0. The van der Waals surface area contributed by atoms with E-state index in [1.165, 1.54) is 0 Å². The van der Waals surface area contributed by atoms with Gasteiger partial charge in [-0.25, -0.2) is 0 Å². The second-order valence-electron chi connectivity index (χ2n) is 3.65. The van der Waals surface area contributed by atoms with Gasteiger partial charge in [0.05, 0.1) is 0 Å². The monoisotopic (exact) mass is 255 g/mol. The van der Waals surface area contributed by atoms with Gasteiger partial charge in [-0.2, -0.15) is 13.2 Å². The molecule has 0 fully saturated rings. The fraction of sp³-hybridized carbons (Fsp3) is 0.778. The molecule has 0 aliphatic rings. The van der Waals surface area contributed by atoms with Gasteiger partial charge in [0.15, 0.2) is 0 Å². The minimum Gasteiger partial charge on any atom is -0.409 e. The Labute approximate surface area is 97.1 Å². The number of nitrogens with zero attached hydrogens (tertiary/aromatic N) is 2. The lowest BCUT2D eigenvalue weighted by molar-refractivity contribution is -0.161. The SMILES string of the molecule is CCN(CC(C)/C(N)=N/O)C(=O)CC(F)(F)F. The second-order valence-corrected chi connectivity index (χ2v) is 3.65. The molecule has 0 bridgehead atoms. The Morgan fingerprint density at radius 2 is 2.06 bits per heavy atom. The van der Waals surface area contributed by atoms with Gasteiger partial charge in [-0.15, -0.1) is 0 Å². The molecule has 17 heavy (non-hydrogen) atoms. The first-order valence-electron chi connectivity index (χ1n) is 5.03. The molecular weight excluding hydrogens is 239 g/mol. The fourth-order valence-electron chi connectivity index (χ4n) is 1.21. The van der Waals surface area contributed by atoms with Crippen LogP contribution in [0.2, 0.25) is 0 Å². The van der Waals surface area contributed by atoms with Crippen LogP contribution in [0.15, 0.2) is 5.16 Å². The highest BCUT2D eigenvalue weighted by Crippen LogP contribution is 2.20. The molecule has 1 unspecified atom stereocenters. The molecule has 0 rings (SSSR count). The molecule has 0 aromatic carbocycles. The summed E-state index contributed by atoms with van der Waals surface area (Å²) in [6, 6.07) is 0. The van der Waals surface area contributed by atoms with Crippen molar-refractivity contribution in [1.29, 1.82) is 0 Å². The third-order valence-electron chi connectivity index (χ3n) is 2.20. The second kappa shape index (κ2) is 6.31. The minimum absolute atomic E-state index is 0.0126. The van der Waals surface area contributed by atoms with Crippen LogP contribution in [0.1, 0.15) is 20.3 Å². The Morgan fingerprint density at radius 3 is 2.41 bits per heavy atom. The maximum Gasteiger partial charge on any atom is 0.397 e. The average Bonchev–Trinajstić information content (AvgIpc) is 2.21. The number of nitrogens with two attached hydrogens (primary N) is 1. The number of rotatable bonds is 5. The maximum atomic E-state index is 12.0. The molecule has 0 aliphatic carbocycles. The van der Waals surface area contributed by atoms with Crippen molar-refractivity contribution in [2.24, 2.45) is 16.8 Å². The molecule has 0 aliphatic heterocycles. The topological polar surface area (TPSA) is 78.9 Å². The summed E-state index contributed by atoms with van der Waals surface area (Å²) in [5.74, 6) is -1.64. The van der Waals surface area contributed by atoms with E-state index in [1.54, 1.807) is 13.8 Å². The van der Waals surface area contributed by atoms with Crippen LogP contribution in [0.3, 0.4) is 0 Å². The Bertz CT molecular complexity index is 292. The normalized spacial score (nSPS) is 14.5. The van der Waals surface area contributed by atoms with E-state index in [9.17, 15) is 18.0 Å². The summed E-state index contributed by atoms with van der Waals surface area (Å²) < 4.78 is 36.1. The number of amidine groups is 1. The highest BCUT2D eigenvalue weighted by atomic mass is 19.4. The molecule has 100 valence electrons. The van der Waals surface area contributed by atoms with Crippen molar-refractivity contribution in [2.45, 2.75) is 26.4 Å². The molecular formula is C9H16F3N3O2. The zero-order valence-electron chi connectivity index (χ0n) is 9.66. The first kappa shape index (κ1) is 15.5. The van der Waals surface area contributed by atoms with Crippen molar-refractivity contribution < 1.29 is 23.2 Å². The molecule has 0 radical (unpaired) electrons. The summed E-state index contributed by atoms with van der Waals surface area (Å²) in [6.45, 7) is 3.24. The summed E-state index contributed by atoms with van der Waals surface area (Å²) in [6.07, 6.45) is -6.02. The van der Waals surface area contributed by atoms with Crippen LogP contribution in [0.4, 0.5) is 13.2 Å². The highest BCUT2D eigenvalue weighted by Gasteiger charge is 2.33. The van der Waals surface area contributed by atoms with Crippen LogP contribution in [-0.4, -0.2) is 41.1 Å². The van der Waals surface area contributed by atoms with Crippen molar-refractivity contribution in [2.75, 3.05) is 13.1 Å². The van der Waals surface area contributed by atoms with Crippen molar-refractivity contribution in [3.8, 4) is 0 Å². The number of oxime groups is 1.